The summed E-state index contributed by atoms with van der Waals surface area (Å²) in [6.45, 7) is 6.07. The first-order valence-corrected chi connectivity index (χ1v) is 9.06. The van der Waals surface area contributed by atoms with Gasteiger partial charge in [0.05, 0.1) is 5.56 Å². The number of benzene rings is 2. The van der Waals surface area contributed by atoms with Crippen molar-refractivity contribution in [2.75, 3.05) is 13.1 Å². The lowest BCUT2D eigenvalue weighted by Crippen LogP contribution is -2.46. The van der Waals surface area contributed by atoms with Crippen LogP contribution in [0.5, 0.6) is 11.5 Å². The first-order valence-electron chi connectivity index (χ1n) is 9.06. The Hall–Kier alpha value is -2.33. The van der Waals surface area contributed by atoms with Gasteiger partial charge < -0.3 is 15.0 Å². The maximum atomic E-state index is 13.4. The predicted octanol–water partition coefficient (Wildman–Crippen LogP) is 4.08. The number of nitrogens with zero attached hydrogens (tertiary/aromatic N) is 1. The quantitative estimate of drug-likeness (QED) is 0.863. The van der Waals surface area contributed by atoms with Gasteiger partial charge >= 0.3 is 0 Å². The molecule has 1 amide bonds. The van der Waals surface area contributed by atoms with Crippen LogP contribution in [0.3, 0.4) is 0 Å². The van der Waals surface area contributed by atoms with Crippen molar-refractivity contribution < 1.29 is 9.53 Å². The minimum absolute atomic E-state index is 0.0505. The molecule has 25 heavy (non-hydrogen) atoms. The average molecular weight is 338 g/mol. The monoisotopic (exact) mass is 338 g/mol. The van der Waals surface area contributed by atoms with E-state index in [0.717, 1.165) is 31.7 Å². The number of rotatable bonds is 6. The van der Waals surface area contributed by atoms with Crippen LogP contribution in [0.25, 0.3) is 0 Å². The number of amides is 1. The second kappa shape index (κ2) is 8.17. The smallest absolute Gasteiger partial charge is 0.258 e. The van der Waals surface area contributed by atoms with Crippen LogP contribution < -0.4 is 10.1 Å². The molecule has 2 aromatic carbocycles. The van der Waals surface area contributed by atoms with E-state index in [4.69, 9.17) is 4.74 Å². The normalized spacial score (nSPS) is 17.9. The maximum absolute atomic E-state index is 13.4. The second-order valence-corrected chi connectivity index (χ2v) is 6.53. The van der Waals surface area contributed by atoms with Crippen LogP contribution in [0, 0.1) is 0 Å². The van der Waals surface area contributed by atoms with E-state index in [1.165, 1.54) is 0 Å². The van der Waals surface area contributed by atoms with Gasteiger partial charge in [-0.15, -0.1) is 0 Å². The van der Waals surface area contributed by atoms with Crippen LogP contribution in [0.4, 0.5) is 0 Å². The number of nitrogens with one attached hydrogen (secondary N) is 1. The molecule has 0 aromatic heterocycles. The van der Waals surface area contributed by atoms with Gasteiger partial charge in [-0.25, -0.2) is 0 Å². The SMILES string of the molecule is CCC(C)N(C(=O)c1ccccc1Oc1ccccc1)C1CCNC1. The molecule has 0 spiro atoms. The highest BCUT2D eigenvalue weighted by atomic mass is 16.5. The van der Waals surface area contributed by atoms with E-state index in [1.807, 2.05) is 59.5 Å². The summed E-state index contributed by atoms with van der Waals surface area (Å²) in [5.41, 5.74) is 0.624. The summed E-state index contributed by atoms with van der Waals surface area (Å²) in [4.78, 5) is 15.4. The molecule has 1 heterocycles. The molecule has 1 N–H and O–H groups in total. The number of carbonyl (C=O) groups excluding carboxylic acids is 1. The van der Waals surface area contributed by atoms with Crippen molar-refractivity contribution in [3.8, 4) is 11.5 Å². The van der Waals surface area contributed by atoms with E-state index in [9.17, 15) is 4.79 Å². The zero-order valence-electron chi connectivity index (χ0n) is 14.9. The van der Waals surface area contributed by atoms with E-state index in [2.05, 4.69) is 19.2 Å². The Bertz CT molecular complexity index is 696. The molecular formula is C21H26N2O2. The first kappa shape index (κ1) is 17.5. The van der Waals surface area contributed by atoms with Crippen LogP contribution in [0.15, 0.2) is 54.6 Å². The van der Waals surface area contributed by atoms with Crippen molar-refractivity contribution >= 4 is 5.91 Å². The van der Waals surface area contributed by atoms with E-state index in [-0.39, 0.29) is 18.0 Å². The molecule has 0 saturated carbocycles. The summed E-state index contributed by atoms with van der Waals surface area (Å²) >= 11 is 0. The lowest BCUT2D eigenvalue weighted by molar-refractivity contribution is 0.0601. The number of para-hydroxylation sites is 2. The second-order valence-electron chi connectivity index (χ2n) is 6.53. The molecular weight excluding hydrogens is 312 g/mol. The topological polar surface area (TPSA) is 41.6 Å². The fraction of sp³-hybridized carbons (Fsp3) is 0.381. The van der Waals surface area contributed by atoms with Crippen molar-refractivity contribution in [2.24, 2.45) is 0 Å². The van der Waals surface area contributed by atoms with Gasteiger partial charge in [0.15, 0.2) is 0 Å². The minimum Gasteiger partial charge on any atom is -0.457 e. The predicted molar refractivity (Wildman–Crippen MR) is 100 cm³/mol. The molecule has 2 unspecified atom stereocenters. The molecule has 4 nitrogen and oxygen atoms in total. The molecule has 2 atom stereocenters. The van der Waals surface area contributed by atoms with Gasteiger partial charge in [0.1, 0.15) is 11.5 Å². The summed E-state index contributed by atoms with van der Waals surface area (Å²) in [6.07, 6.45) is 1.93. The average Bonchev–Trinajstić information content (AvgIpc) is 3.17. The Labute approximate surface area is 149 Å². The van der Waals surface area contributed by atoms with Gasteiger partial charge in [-0.1, -0.05) is 37.3 Å². The van der Waals surface area contributed by atoms with E-state index >= 15 is 0 Å². The molecule has 3 rings (SSSR count). The number of carbonyl (C=O) groups is 1. The molecule has 1 saturated heterocycles. The molecule has 0 aliphatic carbocycles. The highest BCUT2D eigenvalue weighted by Gasteiger charge is 2.31. The zero-order chi connectivity index (χ0) is 17.6. The summed E-state index contributed by atoms with van der Waals surface area (Å²) in [6, 6.07) is 17.6. The van der Waals surface area contributed by atoms with Crippen LogP contribution in [0.2, 0.25) is 0 Å². The van der Waals surface area contributed by atoms with Crippen molar-refractivity contribution in [1.82, 2.24) is 10.2 Å². The molecule has 1 fully saturated rings. The fourth-order valence-electron chi connectivity index (χ4n) is 3.29. The highest BCUT2D eigenvalue weighted by Crippen LogP contribution is 2.28. The summed E-state index contributed by atoms with van der Waals surface area (Å²) < 4.78 is 5.99. The van der Waals surface area contributed by atoms with Gasteiger partial charge in [-0.05, 0) is 50.6 Å². The Morgan fingerprint density at radius 2 is 1.92 bits per heavy atom. The van der Waals surface area contributed by atoms with Crippen molar-refractivity contribution in [3.05, 3.63) is 60.2 Å². The Morgan fingerprint density at radius 1 is 1.20 bits per heavy atom. The summed E-state index contributed by atoms with van der Waals surface area (Å²) in [7, 11) is 0. The van der Waals surface area contributed by atoms with Crippen LogP contribution in [-0.2, 0) is 0 Å². The zero-order valence-corrected chi connectivity index (χ0v) is 14.9. The summed E-state index contributed by atoms with van der Waals surface area (Å²) in [5.74, 6) is 1.40. The molecule has 1 aliphatic heterocycles. The van der Waals surface area contributed by atoms with Crippen LogP contribution in [0.1, 0.15) is 37.0 Å². The molecule has 0 radical (unpaired) electrons. The molecule has 1 aliphatic rings. The fourth-order valence-corrected chi connectivity index (χ4v) is 3.29. The third-order valence-electron chi connectivity index (χ3n) is 4.82. The van der Waals surface area contributed by atoms with Crippen LogP contribution in [-0.4, -0.2) is 36.0 Å². The maximum Gasteiger partial charge on any atom is 0.258 e. The minimum atomic E-state index is 0.0505. The van der Waals surface area contributed by atoms with Gasteiger partial charge in [-0.2, -0.15) is 0 Å². The van der Waals surface area contributed by atoms with Crippen molar-refractivity contribution in [1.29, 1.82) is 0 Å². The third-order valence-corrected chi connectivity index (χ3v) is 4.82. The molecule has 2 aromatic rings. The number of hydrogen-bond donors (Lipinski definition) is 1. The third kappa shape index (κ3) is 4.02. The number of ether oxygens (including phenoxy) is 1. The van der Waals surface area contributed by atoms with Crippen molar-refractivity contribution in [3.63, 3.8) is 0 Å². The van der Waals surface area contributed by atoms with E-state index in [1.54, 1.807) is 0 Å². The standard InChI is InChI=1S/C21H26N2O2/c1-3-16(2)23(17-13-14-22-15-17)21(24)19-11-7-8-12-20(19)25-18-9-5-4-6-10-18/h4-12,16-17,22H,3,13-15H2,1-2H3. The van der Waals surface area contributed by atoms with Gasteiger partial charge in [0.25, 0.3) is 5.91 Å². The lowest BCUT2D eigenvalue weighted by atomic mass is 10.1. The highest BCUT2D eigenvalue weighted by molar-refractivity contribution is 5.97. The Morgan fingerprint density at radius 3 is 2.60 bits per heavy atom. The summed E-state index contributed by atoms with van der Waals surface area (Å²) in [5, 5.41) is 3.37. The first-order chi connectivity index (χ1) is 12.2. The number of hydrogen-bond acceptors (Lipinski definition) is 3. The van der Waals surface area contributed by atoms with E-state index < -0.39 is 0 Å². The van der Waals surface area contributed by atoms with Gasteiger partial charge in [-0.3, -0.25) is 4.79 Å². The molecule has 4 heteroatoms. The van der Waals surface area contributed by atoms with Crippen LogP contribution >= 0.6 is 0 Å². The van der Waals surface area contributed by atoms with E-state index in [0.29, 0.717) is 11.3 Å². The molecule has 132 valence electrons. The van der Waals surface area contributed by atoms with Gasteiger partial charge in [0.2, 0.25) is 0 Å². The van der Waals surface area contributed by atoms with Gasteiger partial charge in [0, 0.05) is 18.6 Å². The van der Waals surface area contributed by atoms with Crippen molar-refractivity contribution in [2.45, 2.75) is 38.8 Å². The Balaban J connectivity index is 1.89. The molecule has 0 bridgehead atoms. The largest absolute Gasteiger partial charge is 0.457 e. The Kier molecular flexibility index (Phi) is 5.71. The lowest BCUT2D eigenvalue weighted by Gasteiger charge is -2.34.